The summed E-state index contributed by atoms with van der Waals surface area (Å²) < 4.78 is 0. The maximum absolute atomic E-state index is 11.4. The molecule has 0 spiro atoms. The first kappa shape index (κ1) is 9.32. The molecule has 0 radical (unpaired) electrons. The van der Waals surface area contributed by atoms with Crippen LogP contribution in [-0.4, -0.2) is 36.6 Å². The number of amides is 2. The van der Waals surface area contributed by atoms with Crippen molar-refractivity contribution in [3.05, 3.63) is 0 Å². The molecule has 1 fully saturated rings. The monoisotopic (exact) mass is 171 g/mol. The van der Waals surface area contributed by atoms with Crippen LogP contribution >= 0.6 is 0 Å². The third-order valence-corrected chi connectivity index (χ3v) is 1.97. The van der Waals surface area contributed by atoms with Crippen molar-refractivity contribution >= 4 is 6.03 Å². The van der Waals surface area contributed by atoms with E-state index in [9.17, 15) is 4.79 Å². The summed E-state index contributed by atoms with van der Waals surface area (Å²) in [6.45, 7) is 3.87. The summed E-state index contributed by atoms with van der Waals surface area (Å²) in [4.78, 5) is 13.1. The molecule has 70 valence electrons. The Balaban J connectivity index is 2.24. The van der Waals surface area contributed by atoms with Crippen LogP contribution in [0, 0.1) is 0 Å². The highest BCUT2D eigenvalue weighted by molar-refractivity contribution is 5.74. The van der Waals surface area contributed by atoms with Gasteiger partial charge in [-0.25, -0.2) is 4.79 Å². The van der Waals surface area contributed by atoms with Gasteiger partial charge in [0.25, 0.3) is 0 Å². The molecule has 0 bridgehead atoms. The van der Waals surface area contributed by atoms with Crippen molar-refractivity contribution in [1.29, 1.82) is 0 Å². The lowest BCUT2D eigenvalue weighted by Crippen LogP contribution is -2.43. The lowest BCUT2D eigenvalue weighted by atomic mass is 10.5. The fourth-order valence-electron chi connectivity index (χ4n) is 1.05. The normalized spacial score (nSPS) is 15.8. The Labute approximate surface area is 73.1 Å². The van der Waals surface area contributed by atoms with Gasteiger partial charge < -0.3 is 16.0 Å². The molecule has 1 saturated carbocycles. The minimum Gasteiger partial charge on any atom is -0.335 e. The first-order chi connectivity index (χ1) is 5.77. The summed E-state index contributed by atoms with van der Waals surface area (Å²) in [5, 5.41) is 2.92. The number of rotatable bonds is 4. The second-order valence-corrected chi connectivity index (χ2v) is 3.09. The van der Waals surface area contributed by atoms with Crippen LogP contribution in [0.15, 0.2) is 0 Å². The highest BCUT2D eigenvalue weighted by Crippen LogP contribution is 2.18. The molecule has 4 heteroatoms. The van der Waals surface area contributed by atoms with Crippen LogP contribution in [0.4, 0.5) is 4.79 Å². The molecular formula is C8H17N3O. The molecule has 3 N–H and O–H groups in total. The van der Waals surface area contributed by atoms with E-state index in [1.165, 1.54) is 0 Å². The zero-order valence-electron chi connectivity index (χ0n) is 7.55. The summed E-state index contributed by atoms with van der Waals surface area (Å²) in [7, 11) is 0. The van der Waals surface area contributed by atoms with Gasteiger partial charge >= 0.3 is 6.03 Å². The fraction of sp³-hybridized carbons (Fsp3) is 0.875. The van der Waals surface area contributed by atoms with Crippen molar-refractivity contribution < 1.29 is 4.79 Å². The summed E-state index contributed by atoms with van der Waals surface area (Å²) in [6.07, 6.45) is 2.26. The van der Waals surface area contributed by atoms with Crippen LogP contribution in [-0.2, 0) is 0 Å². The summed E-state index contributed by atoms with van der Waals surface area (Å²) in [5.74, 6) is 0. The van der Waals surface area contributed by atoms with E-state index in [1.54, 1.807) is 4.90 Å². The molecule has 1 aliphatic rings. The first-order valence-corrected chi connectivity index (χ1v) is 4.53. The van der Waals surface area contributed by atoms with E-state index in [0.29, 0.717) is 19.1 Å². The van der Waals surface area contributed by atoms with Gasteiger partial charge in [0.2, 0.25) is 0 Å². The second-order valence-electron chi connectivity index (χ2n) is 3.09. The lowest BCUT2D eigenvalue weighted by molar-refractivity contribution is 0.201. The summed E-state index contributed by atoms with van der Waals surface area (Å²) >= 11 is 0. The van der Waals surface area contributed by atoms with E-state index >= 15 is 0 Å². The van der Waals surface area contributed by atoms with Crippen LogP contribution in [0.2, 0.25) is 0 Å². The Bertz CT molecular complexity index is 156. The minimum atomic E-state index is 0.0328. The van der Waals surface area contributed by atoms with Crippen LogP contribution in [0.25, 0.3) is 0 Å². The zero-order chi connectivity index (χ0) is 8.97. The van der Waals surface area contributed by atoms with E-state index in [2.05, 4.69) is 5.32 Å². The molecule has 0 aliphatic heterocycles. The smallest absolute Gasteiger partial charge is 0.317 e. The maximum Gasteiger partial charge on any atom is 0.317 e. The van der Waals surface area contributed by atoms with Gasteiger partial charge in [0, 0.05) is 25.7 Å². The number of likely N-dealkylation sites (N-methyl/N-ethyl adjacent to an activating group) is 1. The topological polar surface area (TPSA) is 58.4 Å². The number of urea groups is 1. The molecule has 12 heavy (non-hydrogen) atoms. The predicted molar refractivity (Wildman–Crippen MR) is 47.9 cm³/mol. The summed E-state index contributed by atoms with van der Waals surface area (Å²) in [5.41, 5.74) is 5.37. The third-order valence-electron chi connectivity index (χ3n) is 1.97. The van der Waals surface area contributed by atoms with Crippen molar-refractivity contribution in [3.63, 3.8) is 0 Å². The molecule has 2 amide bonds. The Morgan fingerprint density at radius 2 is 2.33 bits per heavy atom. The van der Waals surface area contributed by atoms with Gasteiger partial charge in [-0.2, -0.15) is 0 Å². The highest BCUT2D eigenvalue weighted by Gasteiger charge is 2.24. The number of nitrogens with one attached hydrogen (secondary N) is 1. The van der Waals surface area contributed by atoms with Crippen LogP contribution in [0.1, 0.15) is 19.8 Å². The highest BCUT2D eigenvalue weighted by atomic mass is 16.2. The van der Waals surface area contributed by atoms with Gasteiger partial charge in [-0.1, -0.05) is 0 Å². The van der Waals surface area contributed by atoms with Crippen LogP contribution in [0.3, 0.4) is 0 Å². The fourth-order valence-corrected chi connectivity index (χ4v) is 1.05. The van der Waals surface area contributed by atoms with Crippen molar-refractivity contribution in [1.82, 2.24) is 10.2 Å². The quantitative estimate of drug-likeness (QED) is 0.632. The number of carbonyl (C=O) groups is 1. The zero-order valence-corrected chi connectivity index (χ0v) is 7.55. The number of hydrogen-bond donors (Lipinski definition) is 2. The van der Waals surface area contributed by atoms with Crippen molar-refractivity contribution in [2.45, 2.75) is 25.8 Å². The largest absolute Gasteiger partial charge is 0.335 e. The Morgan fingerprint density at radius 3 is 2.75 bits per heavy atom. The van der Waals surface area contributed by atoms with Gasteiger partial charge in [-0.3, -0.25) is 0 Å². The maximum atomic E-state index is 11.4. The molecule has 1 rings (SSSR count). The number of hydrogen-bond acceptors (Lipinski definition) is 2. The molecule has 0 unspecified atom stereocenters. The minimum absolute atomic E-state index is 0.0328. The average molecular weight is 171 g/mol. The van der Waals surface area contributed by atoms with E-state index in [-0.39, 0.29) is 6.03 Å². The van der Waals surface area contributed by atoms with Gasteiger partial charge in [0.15, 0.2) is 0 Å². The summed E-state index contributed by atoms with van der Waals surface area (Å²) in [6, 6.07) is 0.467. The molecule has 0 aromatic heterocycles. The molecule has 0 aromatic carbocycles. The van der Waals surface area contributed by atoms with Crippen molar-refractivity contribution in [3.8, 4) is 0 Å². The molecule has 0 aromatic rings. The number of carbonyl (C=O) groups excluding carboxylic acids is 1. The molecule has 1 aliphatic carbocycles. The standard InChI is InChI=1S/C8H17N3O/c1-2-11(6-5-9)8(12)10-7-3-4-7/h7H,2-6,9H2,1H3,(H,10,12). The van der Waals surface area contributed by atoms with Crippen LogP contribution in [0.5, 0.6) is 0 Å². The Hall–Kier alpha value is -0.770. The molecule has 0 saturated heterocycles. The van der Waals surface area contributed by atoms with Crippen molar-refractivity contribution in [2.75, 3.05) is 19.6 Å². The van der Waals surface area contributed by atoms with E-state index in [0.717, 1.165) is 19.4 Å². The van der Waals surface area contributed by atoms with Gasteiger partial charge in [-0.05, 0) is 19.8 Å². The molecule has 0 atom stereocenters. The second kappa shape index (κ2) is 4.30. The molecule has 4 nitrogen and oxygen atoms in total. The molecule has 0 heterocycles. The Morgan fingerprint density at radius 1 is 1.67 bits per heavy atom. The SMILES string of the molecule is CCN(CCN)C(=O)NC1CC1. The average Bonchev–Trinajstić information content (AvgIpc) is 2.83. The van der Waals surface area contributed by atoms with Crippen molar-refractivity contribution in [2.24, 2.45) is 5.73 Å². The van der Waals surface area contributed by atoms with E-state index in [4.69, 9.17) is 5.73 Å². The molecular weight excluding hydrogens is 154 g/mol. The van der Waals surface area contributed by atoms with Gasteiger partial charge in [-0.15, -0.1) is 0 Å². The first-order valence-electron chi connectivity index (χ1n) is 4.53. The van der Waals surface area contributed by atoms with Crippen LogP contribution < -0.4 is 11.1 Å². The van der Waals surface area contributed by atoms with Gasteiger partial charge in [0.05, 0.1) is 0 Å². The van der Waals surface area contributed by atoms with Gasteiger partial charge in [0.1, 0.15) is 0 Å². The predicted octanol–water partition coefficient (Wildman–Crippen LogP) is 0.139. The third kappa shape index (κ3) is 2.70. The number of nitrogens with zero attached hydrogens (tertiary/aromatic N) is 1. The van der Waals surface area contributed by atoms with E-state index in [1.807, 2.05) is 6.92 Å². The number of nitrogens with two attached hydrogens (primary N) is 1. The lowest BCUT2D eigenvalue weighted by Gasteiger charge is -2.20. The van der Waals surface area contributed by atoms with E-state index < -0.39 is 0 Å². The Kier molecular flexibility index (Phi) is 3.34.